The minimum Gasteiger partial charge on any atom is -0.486 e. The number of fused-ring (bicyclic) bond motifs is 6. The van der Waals surface area contributed by atoms with Crippen molar-refractivity contribution in [2.24, 2.45) is 0 Å². The number of nitrogens with one attached hydrogen (secondary N) is 2. The Morgan fingerprint density at radius 2 is 2.00 bits per heavy atom. The molecule has 0 saturated heterocycles. The van der Waals surface area contributed by atoms with Gasteiger partial charge in [0.25, 0.3) is 0 Å². The van der Waals surface area contributed by atoms with E-state index in [1.165, 1.54) is 17.3 Å². The molecule has 0 amide bonds. The van der Waals surface area contributed by atoms with Crippen LogP contribution in [0.2, 0.25) is 0 Å². The average Bonchev–Trinajstić information content (AvgIpc) is 3.14. The highest BCUT2D eigenvalue weighted by Gasteiger charge is 2.26. The zero-order valence-corrected chi connectivity index (χ0v) is 19.8. The molecule has 5 nitrogen and oxygen atoms in total. The Labute approximate surface area is 203 Å². The summed E-state index contributed by atoms with van der Waals surface area (Å²) >= 11 is 0. The molecule has 1 aliphatic carbocycles. The van der Waals surface area contributed by atoms with Crippen LogP contribution in [-0.4, -0.2) is 35.3 Å². The third kappa shape index (κ3) is 4.35. The number of ether oxygens (including phenoxy) is 2. The maximum absolute atomic E-state index is 13.7. The summed E-state index contributed by atoms with van der Waals surface area (Å²) in [5.74, 6) is 1.39. The van der Waals surface area contributed by atoms with Crippen LogP contribution in [0.5, 0.6) is 11.5 Å². The lowest BCUT2D eigenvalue weighted by Crippen LogP contribution is -2.44. The minimum atomic E-state index is -0.179. The van der Waals surface area contributed by atoms with E-state index >= 15 is 0 Å². The monoisotopic (exact) mass is 489 g/mol. The first-order valence-electron chi connectivity index (χ1n) is 10.9. The Bertz CT molecular complexity index is 1310. The molecule has 0 bridgehead atoms. The molecule has 0 radical (unpaired) electrons. The standard InChI is InChI=1S/C25H24FN3O2.2ClH/c1-14-2-5-19-21(28-14)8-9-24-25(19)31-17(13-30-24)12-27-16-4-6-18-20-10-15(26)3-7-22(20)29-23(18)11-16;;/h2-3,5,7-10,16-17,27,29H,4,6,11-13H2,1H3;2*1H/t16-,17+;;/m1../s1. The van der Waals surface area contributed by atoms with Crippen LogP contribution in [0.3, 0.4) is 0 Å². The van der Waals surface area contributed by atoms with Gasteiger partial charge in [0.2, 0.25) is 0 Å². The van der Waals surface area contributed by atoms with Crippen molar-refractivity contribution >= 4 is 46.6 Å². The quantitative estimate of drug-likeness (QED) is 0.410. The first-order valence-corrected chi connectivity index (χ1v) is 10.9. The summed E-state index contributed by atoms with van der Waals surface area (Å²) in [7, 11) is 0. The van der Waals surface area contributed by atoms with Crippen LogP contribution in [0.15, 0.2) is 42.5 Å². The first-order chi connectivity index (χ1) is 15.1. The summed E-state index contributed by atoms with van der Waals surface area (Å²) in [6.45, 7) is 3.22. The van der Waals surface area contributed by atoms with E-state index in [-0.39, 0.29) is 36.7 Å². The Hall–Kier alpha value is -2.54. The fraction of sp³-hybridized carbons (Fsp3) is 0.320. The molecule has 4 aromatic rings. The summed E-state index contributed by atoms with van der Waals surface area (Å²) < 4.78 is 26.0. The van der Waals surface area contributed by atoms with Crippen LogP contribution in [-0.2, 0) is 12.8 Å². The molecule has 3 heterocycles. The number of aryl methyl sites for hydroxylation is 2. The van der Waals surface area contributed by atoms with Crippen molar-refractivity contribution in [1.29, 1.82) is 0 Å². The second-order valence-electron chi connectivity index (χ2n) is 8.58. The third-order valence-electron chi connectivity index (χ3n) is 6.42. The number of benzene rings is 2. The van der Waals surface area contributed by atoms with Crippen molar-refractivity contribution < 1.29 is 13.9 Å². The Morgan fingerprint density at radius 3 is 2.88 bits per heavy atom. The van der Waals surface area contributed by atoms with Gasteiger partial charge in [0.05, 0.1) is 5.52 Å². The van der Waals surface area contributed by atoms with Crippen molar-refractivity contribution in [3.05, 3.63) is 65.2 Å². The van der Waals surface area contributed by atoms with E-state index in [0.29, 0.717) is 19.2 Å². The molecule has 2 N–H and O–H groups in total. The average molecular weight is 490 g/mol. The number of H-pyrrole nitrogens is 1. The van der Waals surface area contributed by atoms with Gasteiger partial charge >= 0.3 is 0 Å². The number of aromatic nitrogens is 2. The van der Waals surface area contributed by atoms with Crippen molar-refractivity contribution in [1.82, 2.24) is 15.3 Å². The zero-order valence-electron chi connectivity index (χ0n) is 18.2. The van der Waals surface area contributed by atoms with E-state index in [0.717, 1.165) is 58.3 Å². The van der Waals surface area contributed by atoms with Crippen LogP contribution < -0.4 is 14.8 Å². The molecule has 8 heteroatoms. The number of pyridine rings is 1. The van der Waals surface area contributed by atoms with E-state index < -0.39 is 0 Å². The van der Waals surface area contributed by atoms with Gasteiger partial charge in [-0.3, -0.25) is 4.98 Å². The molecule has 0 fully saturated rings. The van der Waals surface area contributed by atoms with Crippen LogP contribution in [0.4, 0.5) is 4.39 Å². The highest BCUT2D eigenvalue weighted by molar-refractivity contribution is 5.88. The molecule has 174 valence electrons. The van der Waals surface area contributed by atoms with Crippen molar-refractivity contribution in [3.63, 3.8) is 0 Å². The molecule has 33 heavy (non-hydrogen) atoms. The first kappa shape index (κ1) is 23.6. The lowest BCUT2D eigenvalue weighted by Gasteiger charge is -2.30. The van der Waals surface area contributed by atoms with Crippen LogP contribution in [0, 0.1) is 12.7 Å². The fourth-order valence-electron chi connectivity index (χ4n) is 4.85. The number of rotatable bonds is 3. The van der Waals surface area contributed by atoms with E-state index in [4.69, 9.17) is 9.47 Å². The summed E-state index contributed by atoms with van der Waals surface area (Å²) in [4.78, 5) is 8.07. The minimum absolute atomic E-state index is 0. The predicted octanol–water partition coefficient (Wildman–Crippen LogP) is 5.29. The molecule has 2 atom stereocenters. The van der Waals surface area contributed by atoms with Gasteiger partial charge in [0.15, 0.2) is 11.5 Å². The van der Waals surface area contributed by atoms with Gasteiger partial charge in [0.1, 0.15) is 18.5 Å². The van der Waals surface area contributed by atoms with Gasteiger partial charge in [-0.25, -0.2) is 4.39 Å². The molecule has 0 unspecified atom stereocenters. The third-order valence-corrected chi connectivity index (χ3v) is 6.42. The van der Waals surface area contributed by atoms with E-state index in [1.807, 2.05) is 31.2 Å². The molecular formula is C25H26Cl2FN3O2. The van der Waals surface area contributed by atoms with Gasteiger partial charge in [-0.1, -0.05) is 0 Å². The Morgan fingerprint density at radius 1 is 1.12 bits per heavy atom. The Kier molecular flexibility index (Phi) is 6.71. The smallest absolute Gasteiger partial charge is 0.171 e. The zero-order chi connectivity index (χ0) is 20.9. The van der Waals surface area contributed by atoms with Crippen molar-refractivity contribution in [2.75, 3.05) is 13.2 Å². The second kappa shape index (κ2) is 9.37. The topological polar surface area (TPSA) is 59.2 Å². The summed E-state index contributed by atoms with van der Waals surface area (Å²) in [6, 6.07) is 13.3. The number of hydrogen-bond donors (Lipinski definition) is 2. The van der Waals surface area contributed by atoms with E-state index in [2.05, 4.69) is 21.4 Å². The molecule has 0 spiro atoms. The van der Waals surface area contributed by atoms with E-state index in [1.54, 1.807) is 6.07 Å². The molecular weight excluding hydrogens is 464 g/mol. The lowest BCUT2D eigenvalue weighted by atomic mass is 9.91. The maximum atomic E-state index is 13.7. The molecule has 2 aromatic heterocycles. The molecule has 6 rings (SSSR count). The second-order valence-corrected chi connectivity index (χ2v) is 8.58. The highest BCUT2D eigenvalue weighted by atomic mass is 35.5. The number of aromatic amines is 1. The number of hydrogen-bond acceptors (Lipinski definition) is 4. The summed E-state index contributed by atoms with van der Waals surface area (Å²) in [6.07, 6.45) is 2.81. The van der Waals surface area contributed by atoms with Gasteiger partial charge in [-0.2, -0.15) is 0 Å². The van der Waals surface area contributed by atoms with Crippen LogP contribution in [0.25, 0.3) is 21.8 Å². The normalized spacial score (nSPS) is 19.0. The van der Waals surface area contributed by atoms with Crippen molar-refractivity contribution in [3.8, 4) is 11.5 Å². The number of nitrogens with zero attached hydrogens (tertiary/aromatic N) is 1. The Balaban J connectivity index is 0.00000130. The van der Waals surface area contributed by atoms with Gasteiger partial charge in [-0.15, -0.1) is 24.8 Å². The van der Waals surface area contributed by atoms with Gasteiger partial charge in [-0.05, 0) is 67.8 Å². The van der Waals surface area contributed by atoms with Crippen LogP contribution in [0.1, 0.15) is 23.4 Å². The fourth-order valence-corrected chi connectivity index (χ4v) is 4.85. The number of halogens is 3. The molecule has 1 aliphatic heterocycles. The molecule has 0 saturated carbocycles. The summed E-state index contributed by atoms with van der Waals surface area (Å²) in [5.41, 5.74) is 5.39. The largest absolute Gasteiger partial charge is 0.486 e. The maximum Gasteiger partial charge on any atom is 0.171 e. The molecule has 2 aromatic carbocycles. The van der Waals surface area contributed by atoms with Crippen molar-refractivity contribution in [2.45, 2.75) is 38.3 Å². The summed E-state index contributed by atoms with van der Waals surface area (Å²) in [5, 5.41) is 5.67. The van der Waals surface area contributed by atoms with E-state index in [9.17, 15) is 4.39 Å². The highest BCUT2D eigenvalue weighted by Crippen LogP contribution is 2.38. The predicted molar refractivity (Wildman–Crippen MR) is 133 cm³/mol. The molecule has 2 aliphatic rings. The van der Waals surface area contributed by atoms with Gasteiger partial charge < -0.3 is 19.8 Å². The van der Waals surface area contributed by atoms with Gasteiger partial charge in [0, 0.05) is 46.7 Å². The SMILES string of the molecule is Cc1ccc2c3c(ccc2n1)OC[C@H](CN[C@@H]1CCc2c([nH]c4ccc(F)cc24)C1)O3.Cl.Cl. The van der Waals surface area contributed by atoms with Crippen LogP contribution >= 0.6 is 24.8 Å². The lowest BCUT2D eigenvalue weighted by molar-refractivity contribution is 0.0896.